The van der Waals surface area contributed by atoms with Gasteiger partial charge in [0, 0.05) is 43.9 Å². The number of nitrogens with zero attached hydrogens (tertiary/aromatic N) is 2. The molecule has 2 atom stereocenters. The van der Waals surface area contributed by atoms with Crippen molar-refractivity contribution in [2.45, 2.75) is 45.6 Å². The first-order valence-electron chi connectivity index (χ1n) is 9.12. The number of carboxylic acids is 1. The van der Waals surface area contributed by atoms with Gasteiger partial charge in [-0.25, -0.2) is 4.98 Å². The van der Waals surface area contributed by atoms with Crippen molar-refractivity contribution in [3.05, 3.63) is 53.1 Å². The predicted molar refractivity (Wildman–Crippen MR) is 97.5 cm³/mol. The normalized spacial score (nSPS) is 20.9. The molecule has 25 heavy (non-hydrogen) atoms. The first-order valence-corrected chi connectivity index (χ1v) is 9.12. The van der Waals surface area contributed by atoms with Gasteiger partial charge >= 0.3 is 5.97 Å². The van der Waals surface area contributed by atoms with Crippen LogP contribution in [0.1, 0.15) is 48.3 Å². The van der Waals surface area contributed by atoms with E-state index >= 15 is 0 Å². The molecule has 134 valence electrons. The molecule has 0 amide bonds. The molecule has 1 aliphatic rings. The highest BCUT2D eigenvalue weighted by Gasteiger charge is 2.39. The van der Waals surface area contributed by atoms with Gasteiger partial charge in [0.25, 0.3) is 0 Å². The van der Waals surface area contributed by atoms with E-state index in [-0.39, 0.29) is 11.8 Å². The average molecular weight is 341 g/mol. The molecule has 3 rings (SSSR count). The van der Waals surface area contributed by atoms with E-state index in [1.54, 1.807) is 0 Å². The molecule has 0 unspecified atom stereocenters. The Balaban J connectivity index is 1.71. The maximum atomic E-state index is 11.8. The Hall–Kier alpha value is -2.14. The molecule has 1 aliphatic heterocycles. The van der Waals surface area contributed by atoms with Crippen LogP contribution in [0.5, 0.6) is 0 Å². The molecule has 1 saturated heterocycles. The maximum absolute atomic E-state index is 11.8. The molecule has 2 heterocycles. The fourth-order valence-corrected chi connectivity index (χ4v) is 3.78. The fourth-order valence-electron chi connectivity index (χ4n) is 3.78. The van der Waals surface area contributed by atoms with Gasteiger partial charge < -0.3 is 10.1 Å². The molecule has 1 aromatic heterocycles. The number of imidazole rings is 1. The molecular weight excluding hydrogens is 314 g/mol. The molecule has 0 radical (unpaired) electrons. The van der Waals surface area contributed by atoms with E-state index in [0.29, 0.717) is 6.54 Å². The third kappa shape index (κ3) is 4.10. The van der Waals surface area contributed by atoms with E-state index in [1.807, 2.05) is 18.3 Å². The largest absolute Gasteiger partial charge is 0.481 e. The number of aliphatic carboxylic acids is 1. The van der Waals surface area contributed by atoms with E-state index in [4.69, 9.17) is 0 Å². The van der Waals surface area contributed by atoms with Gasteiger partial charge in [0.15, 0.2) is 0 Å². The van der Waals surface area contributed by atoms with Crippen LogP contribution in [0.3, 0.4) is 0 Å². The molecular formula is C20H27N3O2. The summed E-state index contributed by atoms with van der Waals surface area (Å²) in [6, 6.07) is 8.13. The standard InChI is InChI=1S/C20H27N3O2/c1-3-4-9-19-21-10-15(22-19)11-23-12-17(18(13-23)20(24)25)16-8-6-5-7-14(16)2/h5-8,10,17-18H,3-4,9,11-13H2,1-2H3,(H,21,22)(H,24,25)/t17-,18+/m0/s1. The third-order valence-electron chi connectivity index (χ3n) is 5.14. The lowest BCUT2D eigenvalue weighted by atomic mass is 9.86. The molecule has 5 nitrogen and oxygen atoms in total. The number of likely N-dealkylation sites (tertiary alicyclic amines) is 1. The summed E-state index contributed by atoms with van der Waals surface area (Å²) in [5, 5.41) is 9.67. The zero-order chi connectivity index (χ0) is 17.8. The van der Waals surface area contributed by atoms with Crippen molar-refractivity contribution in [1.82, 2.24) is 14.9 Å². The van der Waals surface area contributed by atoms with Crippen molar-refractivity contribution >= 4 is 5.97 Å². The molecule has 2 N–H and O–H groups in total. The number of aryl methyl sites for hydroxylation is 2. The number of aromatic nitrogens is 2. The van der Waals surface area contributed by atoms with E-state index in [9.17, 15) is 9.90 Å². The van der Waals surface area contributed by atoms with Crippen LogP contribution in [-0.2, 0) is 17.8 Å². The van der Waals surface area contributed by atoms with Gasteiger partial charge in [-0.2, -0.15) is 0 Å². The highest BCUT2D eigenvalue weighted by molar-refractivity contribution is 5.72. The van der Waals surface area contributed by atoms with Crippen LogP contribution in [-0.4, -0.2) is 39.0 Å². The number of unbranched alkanes of at least 4 members (excludes halogenated alkanes) is 1. The molecule has 1 fully saturated rings. The first kappa shape index (κ1) is 17.7. The number of hydrogen-bond donors (Lipinski definition) is 2. The van der Waals surface area contributed by atoms with Gasteiger partial charge in [-0.15, -0.1) is 0 Å². The molecule has 0 bridgehead atoms. The number of benzene rings is 1. The van der Waals surface area contributed by atoms with Crippen LogP contribution in [0.2, 0.25) is 0 Å². The number of hydrogen-bond acceptors (Lipinski definition) is 3. The van der Waals surface area contributed by atoms with Crippen LogP contribution in [0.4, 0.5) is 0 Å². The highest BCUT2D eigenvalue weighted by atomic mass is 16.4. The lowest BCUT2D eigenvalue weighted by Gasteiger charge is -2.17. The van der Waals surface area contributed by atoms with Crippen LogP contribution in [0, 0.1) is 12.8 Å². The number of carboxylic acid groups (broad SMARTS) is 1. The van der Waals surface area contributed by atoms with E-state index < -0.39 is 5.97 Å². The monoisotopic (exact) mass is 341 g/mol. The topological polar surface area (TPSA) is 69.2 Å². The lowest BCUT2D eigenvalue weighted by Crippen LogP contribution is -2.23. The van der Waals surface area contributed by atoms with E-state index in [0.717, 1.165) is 49.4 Å². The highest BCUT2D eigenvalue weighted by Crippen LogP contribution is 2.35. The first-order chi connectivity index (χ1) is 12.1. The number of rotatable bonds is 7. The molecule has 1 aromatic carbocycles. The second-order valence-electron chi connectivity index (χ2n) is 7.06. The Morgan fingerprint density at radius 3 is 2.88 bits per heavy atom. The zero-order valence-electron chi connectivity index (χ0n) is 15.0. The van der Waals surface area contributed by atoms with Gasteiger partial charge in [-0.1, -0.05) is 37.6 Å². The average Bonchev–Trinajstić information content (AvgIpc) is 3.21. The summed E-state index contributed by atoms with van der Waals surface area (Å²) in [6.07, 6.45) is 5.15. The SMILES string of the molecule is CCCCc1ncc(CN2C[C@@H](C(=O)O)[C@H](c3ccccc3C)C2)[nH]1. The Morgan fingerprint density at radius 2 is 2.16 bits per heavy atom. The molecule has 0 spiro atoms. The fraction of sp³-hybridized carbons (Fsp3) is 0.500. The van der Waals surface area contributed by atoms with Gasteiger partial charge in [0.1, 0.15) is 5.82 Å². The van der Waals surface area contributed by atoms with Crippen molar-refractivity contribution in [1.29, 1.82) is 0 Å². The zero-order valence-corrected chi connectivity index (χ0v) is 15.0. The number of H-pyrrole nitrogens is 1. The summed E-state index contributed by atoms with van der Waals surface area (Å²) in [7, 11) is 0. The molecule has 2 aromatic rings. The van der Waals surface area contributed by atoms with Gasteiger partial charge in [-0.3, -0.25) is 9.69 Å². The lowest BCUT2D eigenvalue weighted by molar-refractivity contribution is -0.141. The van der Waals surface area contributed by atoms with Gasteiger partial charge in [-0.05, 0) is 24.5 Å². The second-order valence-corrected chi connectivity index (χ2v) is 7.06. The molecule has 5 heteroatoms. The van der Waals surface area contributed by atoms with Crippen LogP contribution < -0.4 is 0 Å². The number of carbonyl (C=O) groups is 1. The molecule has 0 saturated carbocycles. The summed E-state index contributed by atoms with van der Waals surface area (Å²) >= 11 is 0. The summed E-state index contributed by atoms with van der Waals surface area (Å²) in [6.45, 7) is 6.31. The van der Waals surface area contributed by atoms with Crippen LogP contribution in [0.15, 0.2) is 30.5 Å². The smallest absolute Gasteiger partial charge is 0.308 e. The van der Waals surface area contributed by atoms with Crippen molar-refractivity contribution in [3.8, 4) is 0 Å². The van der Waals surface area contributed by atoms with E-state index in [2.05, 4.69) is 40.8 Å². The third-order valence-corrected chi connectivity index (χ3v) is 5.14. The Labute approximate surface area is 149 Å². The predicted octanol–water partition coefficient (Wildman–Crippen LogP) is 3.36. The van der Waals surface area contributed by atoms with Crippen molar-refractivity contribution < 1.29 is 9.90 Å². The van der Waals surface area contributed by atoms with Gasteiger partial charge in [0.05, 0.1) is 5.92 Å². The Bertz CT molecular complexity index is 725. The number of aromatic amines is 1. The minimum Gasteiger partial charge on any atom is -0.481 e. The summed E-state index contributed by atoms with van der Waals surface area (Å²) in [5.74, 6) is 0.00931. The molecule has 0 aliphatic carbocycles. The maximum Gasteiger partial charge on any atom is 0.308 e. The summed E-state index contributed by atoms with van der Waals surface area (Å²) < 4.78 is 0. The van der Waals surface area contributed by atoms with Crippen LogP contribution >= 0.6 is 0 Å². The quantitative estimate of drug-likeness (QED) is 0.810. The van der Waals surface area contributed by atoms with Crippen molar-refractivity contribution in [3.63, 3.8) is 0 Å². The summed E-state index contributed by atoms with van der Waals surface area (Å²) in [5.41, 5.74) is 3.40. The Kier molecular flexibility index (Phi) is 5.53. The minimum absolute atomic E-state index is 0.0428. The van der Waals surface area contributed by atoms with Crippen LogP contribution in [0.25, 0.3) is 0 Å². The van der Waals surface area contributed by atoms with Crippen molar-refractivity contribution in [2.24, 2.45) is 5.92 Å². The number of nitrogens with one attached hydrogen (secondary N) is 1. The van der Waals surface area contributed by atoms with Crippen molar-refractivity contribution in [2.75, 3.05) is 13.1 Å². The summed E-state index contributed by atoms with van der Waals surface area (Å²) in [4.78, 5) is 21.8. The minimum atomic E-state index is -0.705. The van der Waals surface area contributed by atoms with Gasteiger partial charge in [0.2, 0.25) is 0 Å². The van der Waals surface area contributed by atoms with E-state index in [1.165, 1.54) is 5.56 Å². The second kappa shape index (κ2) is 7.83. The Morgan fingerprint density at radius 1 is 1.36 bits per heavy atom.